The van der Waals surface area contributed by atoms with Crippen LogP contribution in [-0.2, 0) is 0 Å². The summed E-state index contributed by atoms with van der Waals surface area (Å²) in [6.07, 6.45) is 3.73. The van der Waals surface area contributed by atoms with Gasteiger partial charge in [-0.2, -0.15) is 0 Å². The zero-order valence-electron chi connectivity index (χ0n) is 9.92. The number of hydrogen-bond acceptors (Lipinski definition) is 2. The van der Waals surface area contributed by atoms with Crippen molar-refractivity contribution in [3.63, 3.8) is 0 Å². The normalized spacial score (nSPS) is 15.4. The maximum Gasteiger partial charge on any atom is 0.248 e. The van der Waals surface area contributed by atoms with Gasteiger partial charge in [-0.15, -0.1) is 0 Å². The fourth-order valence-corrected chi connectivity index (χ4v) is 1.96. The minimum absolute atomic E-state index is 0.212. The molecule has 0 bridgehead atoms. The molecular weight excluding hydrogens is 219 g/mol. The summed E-state index contributed by atoms with van der Waals surface area (Å²) in [5.41, 5.74) is 6.58. The molecule has 0 atom stereocenters. The summed E-state index contributed by atoms with van der Waals surface area (Å²) in [4.78, 5) is 11.0. The first-order valence-corrected chi connectivity index (χ1v) is 5.91. The van der Waals surface area contributed by atoms with Crippen LogP contribution in [0.2, 0.25) is 0 Å². The zero-order chi connectivity index (χ0) is 12.4. The summed E-state index contributed by atoms with van der Waals surface area (Å²) in [5.74, 6) is -0.317. The van der Waals surface area contributed by atoms with E-state index in [4.69, 9.17) is 5.73 Å². The Morgan fingerprint density at radius 3 is 2.76 bits per heavy atom. The van der Waals surface area contributed by atoms with Crippen LogP contribution in [-0.4, -0.2) is 12.5 Å². The number of carbonyl (C=O) groups is 1. The Kier molecular flexibility index (Phi) is 3.31. The topological polar surface area (TPSA) is 55.1 Å². The lowest BCUT2D eigenvalue weighted by molar-refractivity contribution is 0.1000. The van der Waals surface area contributed by atoms with Crippen LogP contribution >= 0.6 is 0 Å². The largest absolute Gasteiger partial charge is 0.384 e. The molecule has 92 valence electrons. The van der Waals surface area contributed by atoms with Gasteiger partial charge in [0.05, 0.1) is 0 Å². The van der Waals surface area contributed by atoms with E-state index in [9.17, 15) is 9.18 Å². The Morgan fingerprint density at radius 1 is 1.53 bits per heavy atom. The van der Waals surface area contributed by atoms with Crippen LogP contribution < -0.4 is 11.1 Å². The zero-order valence-corrected chi connectivity index (χ0v) is 9.92. The van der Waals surface area contributed by atoms with Crippen LogP contribution in [0.25, 0.3) is 0 Å². The van der Waals surface area contributed by atoms with Crippen LogP contribution in [0.1, 0.15) is 35.2 Å². The molecule has 0 radical (unpaired) electrons. The van der Waals surface area contributed by atoms with E-state index in [0.717, 1.165) is 6.54 Å². The summed E-state index contributed by atoms with van der Waals surface area (Å²) in [6, 6.07) is 2.81. The number of rotatable bonds is 4. The van der Waals surface area contributed by atoms with Gasteiger partial charge in [0.2, 0.25) is 5.91 Å². The molecule has 0 aliphatic heterocycles. The van der Waals surface area contributed by atoms with Crippen molar-refractivity contribution in [3.8, 4) is 0 Å². The van der Waals surface area contributed by atoms with Gasteiger partial charge in [0.25, 0.3) is 0 Å². The minimum Gasteiger partial charge on any atom is -0.384 e. The minimum atomic E-state index is -0.601. The third-order valence-corrected chi connectivity index (χ3v) is 3.43. The molecule has 1 saturated carbocycles. The summed E-state index contributed by atoms with van der Waals surface area (Å²) >= 11 is 0. The number of carbonyl (C=O) groups excluding carboxylic acids is 1. The molecule has 0 heterocycles. The molecule has 0 spiro atoms. The number of halogens is 1. The molecule has 2 rings (SSSR count). The predicted octanol–water partition coefficient (Wildman–Crippen LogP) is 2.45. The van der Waals surface area contributed by atoms with Gasteiger partial charge in [-0.25, -0.2) is 4.39 Å². The Bertz CT molecular complexity index is 441. The van der Waals surface area contributed by atoms with Gasteiger partial charge in [0.1, 0.15) is 5.82 Å². The van der Waals surface area contributed by atoms with Crippen LogP contribution in [0.15, 0.2) is 12.1 Å². The van der Waals surface area contributed by atoms with Gasteiger partial charge in [-0.3, -0.25) is 4.79 Å². The number of primary amides is 1. The van der Waals surface area contributed by atoms with Crippen molar-refractivity contribution in [2.75, 3.05) is 11.9 Å². The molecule has 1 amide bonds. The SMILES string of the molecule is Cc1c(F)cc(C(N)=O)cc1NCC1CCC1. The van der Waals surface area contributed by atoms with Crippen molar-refractivity contribution < 1.29 is 9.18 Å². The number of amides is 1. The predicted molar refractivity (Wildman–Crippen MR) is 65.5 cm³/mol. The Balaban J connectivity index is 2.15. The molecule has 3 N–H and O–H groups in total. The summed E-state index contributed by atoms with van der Waals surface area (Å²) in [7, 11) is 0. The number of anilines is 1. The van der Waals surface area contributed by atoms with E-state index >= 15 is 0 Å². The van der Waals surface area contributed by atoms with Crippen LogP contribution in [0.5, 0.6) is 0 Å². The molecule has 1 fully saturated rings. The molecule has 4 heteroatoms. The molecule has 17 heavy (non-hydrogen) atoms. The van der Waals surface area contributed by atoms with Crippen molar-refractivity contribution >= 4 is 11.6 Å². The highest BCUT2D eigenvalue weighted by Crippen LogP contribution is 2.28. The third kappa shape index (κ3) is 2.57. The van der Waals surface area contributed by atoms with E-state index in [1.54, 1.807) is 13.0 Å². The first kappa shape index (κ1) is 11.9. The molecule has 1 aliphatic rings. The molecule has 1 aliphatic carbocycles. The van der Waals surface area contributed by atoms with Crippen LogP contribution in [0, 0.1) is 18.7 Å². The fourth-order valence-electron chi connectivity index (χ4n) is 1.96. The standard InChI is InChI=1S/C13H17FN2O/c1-8-11(14)5-10(13(15)17)6-12(8)16-7-9-3-2-4-9/h5-6,9,16H,2-4,7H2,1H3,(H2,15,17). The van der Waals surface area contributed by atoms with Crippen LogP contribution in [0.4, 0.5) is 10.1 Å². The fraction of sp³-hybridized carbons (Fsp3) is 0.462. The second kappa shape index (κ2) is 4.73. The maximum atomic E-state index is 13.6. The lowest BCUT2D eigenvalue weighted by Gasteiger charge is -2.26. The van der Waals surface area contributed by atoms with Gasteiger partial charge >= 0.3 is 0 Å². The lowest BCUT2D eigenvalue weighted by atomic mass is 9.85. The summed E-state index contributed by atoms with van der Waals surface area (Å²) in [5, 5.41) is 3.20. The third-order valence-electron chi connectivity index (χ3n) is 3.43. The van der Waals surface area contributed by atoms with Gasteiger partial charge < -0.3 is 11.1 Å². The van der Waals surface area contributed by atoms with Crippen molar-refractivity contribution in [2.45, 2.75) is 26.2 Å². The van der Waals surface area contributed by atoms with Crippen molar-refractivity contribution in [2.24, 2.45) is 11.7 Å². The highest BCUT2D eigenvalue weighted by molar-refractivity contribution is 5.94. The average molecular weight is 236 g/mol. The van der Waals surface area contributed by atoms with E-state index in [-0.39, 0.29) is 5.56 Å². The molecule has 0 saturated heterocycles. The highest BCUT2D eigenvalue weighted by atomic mass is 19.1. The number of nitrogens with one attached hydrogen (secondary N) is 1. The monoisotopic (exact) mass is 236 g/mol. The Morgan fingerprint density at radius 2 is 2.24 bits per heavy atom. The second-order valence-corrected chi connectivity index (χ2v) is 4.67. The lowest BCUT2D eigenvalue weighted by Crippen LogP contribution is -2.21. The van der Waals surface area contributed by atoms with E-state index in [1.165, 1.54) is 25.3 Å². The average Bonchev–Trinajstić information content (AvgIpc) is 2.21. The molecule has 1 aromatic carbocycles. The molecular formula is C13H17FN2O. The van der Waals surface area contributed by atoms with Gasteiger partial charge in [0.15, 0.2) is 0 Å². The van der Waals surface area contributed by atoms with E-state index < -0.39 is 11.7 Å². The van der Waals surface area contributed by atoms with Gasteiger partial charge in [-0.05, 0) is 37.8 Å². The highest BCUT2D eigenvalue weighted by Gasteiger charge is 2.18. The number of benzene rings is 1. The first-order chi connectivity index (χ1) is 8.08. The Labute approximate surface area is 100 Å². The van der Waals surface area contributed by atoms with Crippen LogP contribution in [0.3, 0.4) is 0 Å². The van der Waals surface area contributed by atoms with Crippen molar-refractivity contribution in [1.82, 2.24) is 0 Å². The van der Waals surface area contributed by atoms with E-state index in [2.05, 4.69) is 5.32 Å². The van der Waals surface area contributed by atoms with E-state index in [1.807, 2.05) is 0 Å². The van der Waals surface area contributed by atoms with E-state index in [0.29, 0.717) is 17.2 Å². The van der Waals surface area contributed by atoms with Gasteiger partial charge in [0, 0.05) is 23.4 Å². The quantitative estimate of drug-likeness (QED) is 0.843. The summed E-state index contributed by atoms with van der Waals surface area (Å²) in [6.45, 7) is 2.53. The molecule has 3 nitrogen and oxygen atoms in total. The number of nitrogens with two attached hydrogens (primary N) is 1. The molecule has 0 unspecified atom stereocenters. The van der Waals surface area contributed by atoms with Crippen molar-refractivity contribution in [3.05, 3.63) is 29.1 Å². The molecule has 0 aromatic heterocycles. The van der Waals surface area contributed by atoms with Gasteiger partial charge in [-0.1, -0.05) is 6.42 Å². The number of hydrogen-bond donors (Lipinski definition) is 2. The van der Waals surface area contributed by atoms with Crippen molar-refractivity contribution in [1.29, 1.82) is 0 Å². The second-order valence-electron chi connectivity index (χ2n) is 4.67. The Hall–Kier alpha value is -1.58. The smallest absolute Gasteiger partial charge is 0.248 e. The maximum absolute atomic E-state index is 13.6. The summed E-state index contributed by atoms with van der Waals surface area (Å²) < 4.78 is 13.6. The first-order valence-electron chi connectivity index (χ1n) is 5.91. The molecule has 1 aromatic rings.